The van der Waals surface area contributed by atoms with Crippen molar-refractivity contribution in [3.8, 4) is 5.75 Å². The monoisotopic (exact) mass is 286 g/mol. The lowest BCUT2D eigenvalue weighted by molar-refractivity contribution is -0.384. The quantitative estimate of drug-likeness (QED) is 0.194. The Bertz CT molecular complexity index is 498. The molecular formula is C6H7ClN2O7S. The molecule has 1 aromatic carbocycles. The number of nitro groups is 1. The second kappa shape index (κ2) is 5.63. The summed E-state index contributed by atoms with van der Waals surface area (Å²) in [5, 5.41) is 19.1. The van der Waals surface area contributed by atoms with Crippen molar-refractivity contribution in [2.24, 2.45) is 0 Å². The molecule has 0 radical (unpaired) electrons. The normalized spacial score (nSPS) is 10.3. The van der Waals surface area contributed by atoms with Crippen LogP contribution in [0.25, 0.3) is 0 Å². The van der Waals surface area contributed by atoms with E-state index in [1.807, 2.05) is 0 Å². The van der Waals surface area contributed by atoms with E-state index in [1.165, 1.54) is 0 Å². The SMILES string of the molecule is Nc1cc([N+](=O)[O-])cc(Cl)c1O.O=S(=O)(O)O. The van der Waals surface area contributed by atoms with E-state index in [4.69, 9.17) is 40.0 Å². The van der Waals surface area contributed by atoms with E-state index in [1.54, 1.807) is 0 Å². The highest BCUT2D eigenvalue weighted by Crippen LogP contribution is 2.33. The van der Waals surface area contributed by atoms with Crippen LogP contribution in [0.1, 0.15) is 0 Å². The molecule has 0 unspecified atom stereocenters. The largest absolute Gasteiger partial charge is 0.504 e. The smallest absolute Gasteiger partial charge is 0.394 e. The molecule has 5 N–H and O–H groups in total. The number of anilines is 1. The summed E-state index contributed by atoms with van der Waals surface area (Å²) in [6.07, 6.45) is 0. The fourth-order valence-corrected chi connectivity index (χ4v) is 0.932. The van der Waals surface area contributed by atoms with Gasteiger partial charge in [0.2, 0.25) is 0 Å². The van der Waals surface area contributed by atoms with E-state index < -0.39 is 15.3 Å². The van der Waals surface area contributed by atoms with Crippen LogP contribution in [0.2, 0.25) is 5.02 Å². The molecule has 0 heterocycles. The van der Waals surface area contributed by atoms with Gasteiger partial charge in [0.1, 0.15) is 0 Å². The molecule has 0 aliphatic rings. The van der Waals surface area contributed by atoms with Gasteiger partial charge in [-0.05, 0) is 0 Å². The van der Waals surface area contributed by atoms with Gasteiger partial charge in [0.15, 0.2) is 5.75 Å². The number of phenols is 1. The number of nitro benzene ring substituents is 1. The summed E-state index contributed by atoms with van der Waals surface area (Å²) in [4.78, 5) is 9.59. The van der Waals surface area contributed by atoms with Crippen LogP contribution < -0.4 is 5.73 Å². The Labute approximate surface area is 100 Å². The first kappa shape index (κ1) is 15.4. The highest BCUT2D eigenvalue weighted by atomic mass is 35.5. The first-order valence-electron chi connectivity index (χ1n) is 3.64. The number of rotatable bonds is 1. The van der Waals surface area contributed by atoms with Crippen LogP contribution >= 0.6 is 11.6 Å². The van der Waals surface area contributed by atoms with E-state index in [-0.39, 0.29) is 22.1 Å². The van der Waals surface area contributed by atoms with Crippen LogP contribution in [0.5, 0.6) is 5.75 Å². The van der Waals surface area contributed by atoms with Crippen molar-refractivity contribution in [2.75, 3.05) is 5.73 Å². The average molecular weight is 287 g/mol. The molecule has 0 aliphatic heterocycles. The minimum atomic E-state index is -4.67. The molecule has 9 nitrogen and oxygen atoms in total. The summed E-state index contributed by atoms with van der Waals surface area (Å²) >= 11 is 5.43. The van der Waals surface area contributed by atoms with Crippen LogP contribution in [0.3, 0.4) is 0 Å². The van der Waals surface area contributed by atoms with Crippen molar-refractivity contribution >= 4 is 33.4 Å². The first-order valence-corrected chi connectivity index (χ1v) is 5.42. The zero-order chi connectivity index (χ0) is 13.8. The second-order valence-electron chi connectivity index (χ2n) is 2.57. The van der Waals surface area contributed by atoms with Crippen molar-refractivity contribution in [3.05, 3.63) is 27.3 Å². The molecule has 0 spiro atoms. The summed E-state index contributed by atoms with van der Waals surface area (Å²) in [7, 11) is -4.67. The Hall–Kier alpha value is -1.62. The molecule has 0 bridgehead atoms. The Morgan fingerprint density at radius 3 is 2.06 bits per heavy atom. The molecule has 0 aliphatic carbocycles. The topological polar surface area (TPSA) is 164 Å². The summed E-state index contributed by atoms with van der Waals surface area (Å²) < 4.78 is 31.6. The Morgan fingerprint density at radius 2 is 1.76 bits per heavy atom. The van der Waals surface area contributed by atoms with E-state index >= 15 is 0 Å². The van der Waals surface area contributed by atoms with Gasteiger partial charge in [0.25, 0.3) is 5.69 Å². The molecule has 0 atom stereocenters. The van der Waals surface area contributed by atoms with Gasteiger partial charge < -0.3 is 10.8 Å². The number of nitrogens with two attached hydrogens (primary N) is 1. The molecule has 1 rings (SSSR count). The number of phenolic OH excluding ortho intramolecular Hbond substituents is 1. The summed E-state index contributed by atoms with van der Waals surface area (Å²) in [6, 6.07) is 2.08. The molecule has 0 saturated heterocycles. The number of halogens is 1. The molecule has 1 aromatic rings. The van der Waals surface area contributed by atoms with Crippen LogP contribution in [0, 0.1) is 10.1 Å². The van der Waals surface area contributed by atoms with E-state index in [9.17, 15) is 10.1 Å². The molecular weight excluding hydrogens is 280 g/mol. The molecule has 0 aromatic heterocycles. The van der Waals surface area contributed by atoms with Crippen molar-refractivity contribution in [3.63, 3.8) is 0 Å². The third-order valence-electron chi connectivity index (χ3n) is 1.29. The molecule has 0 amide bonds. The van der Waals surface area contributed by atoms with Crippen molar-refractivity contribution < 1.29 is 27.6 Å². The van der Waals surface area contributed by atoms with E-state index in [0.29, 0.717) is 0 Å². The van der Waals surface area contributed by atoms with Crippen molar-refractivity contribution in [2.45, 2.75) is 0 Å². The highest BCUT2D eigenvalue weighted by molar-refractivity contribution is 7.79. The number of hydrogen-bond donors (Lipinski definition) is 4. The molecule has 11 heteroatoms. The van der Waals surface area contributed by atoms with Crippen LogP contribution in [-0.4, -0.2) is 27.6 Å². The van der Waals surface area contributed by atoms with E-state index in [2.05, 4.69) is 0 Å². The number of benzene rings is 1. The molecule has 17 heavy (non-hydrogen) atoms. The number of hydrogen-bond acceptors (Lipinski definition) is 6. The van der Waals surface area contributed by atoms with Crippen molar-refractivity contribution in [1.82, 2.24) is 0 Å². The maximum absolute atomic E-state index is 10.2. The van der Waals surface area contributed by atoms with Gasteiger partial charge in [-0.1, -0.05) is 11.6 Å². The lowest BCUT2D eigenvalue weighted by Gasteiger charge is -1.99. The summed E-state index contributed by atoms with van der Waals surface area (Å²) in [5.74, 6) is -0.331. The molecule has 96 valence electrons. The van der Waals surface area contributed by atoms with Crippen LogP contribution in [0.4, 0.5) is 11.4 Å². The maximum Gasteiger partial charge on any atom is 0.394 e. The van der Waals surface area contributed by atoms with Crippen LogP contribution in [0.15, 0.2) is 12.1 Å². The fourth-order valence-electron chi connectivity index (χ4n) is 0.711. The van der Waals surface area contributed by atoms with E-state index in [0.717, 1.165) is 12.1 Å². The predicted octanol–water partition coefficient (Wildman–Crippen LogP) is 0.883. The number of non-ortho nitro benzene ring substituents is 1. The lowest BCUT2D eigenvalue weighted by Crippen LogP contribution is -1.92. The molecule has 0 saturated carbocycles. The minimum Gasteiger partial charge on any atom is -0.504 e. The zero-order valence-corrected chi connectivity index (χ0v) is 9.51. The predicted molar refractivity (Wildman–Crippen MR) is 58.4 cm³/mol. The third-order valence-corrected chi connectivity index (χ3v) is 1.58. The van der Waals surface area contributed by atoms with Gasteiger partial charge in [-0.15, -0.1) is 0 Å². The van der Waals surface area contributed by atoms with Gasteiger partial charge in [-0.2, -0.15) is 8.42 Å². The number of nitrogen functional groups attached to an aromatic ring is 1. The second-order valence-corrected chi connectivity index (χ2v) is 3.87. The Kier molecular flexibility index (Phi) is 5.10. The van der Waals surface area contributed by atoms with Gasteiger partial charge in [-0.3, -0.25) is 19.2 Å². The number of nitrogens with zero attached hydrogens (tertiary/aromatic N) is 1. The van der Waals surface area contributed by atoms with Crippen molar-refractivity contribution in [1.29, 1.82) is 0 Å². The number of aromatic hydroxyl groups is 1. The standard InChI is InChI=1S/C6H5ClN2O3.H2O4S/c7-4-1-3(9(11)12)2-5(8)6(4)10;1-5(2,3)4/h1-2,10H,8H2;(H2,1,2,3,4). The van der Waals surface area contributed by atoms with Crippen LogP contribution in [-0.2, 0) is 10.4 Å². The maximum atomic E-state index is 10.2. The Morgan fingerprint density at radius 1 is 1.35 bits per heavy atom. The zero-order valence-electron chi connectivity index (χ0n) is 7.94. The molecule has 0 fully saturated rings. The van der Waals surface area contributed by atoms with Gasteiger partial charge in [0, 0.05) is 12.1 Å². The highest BCUT2D eigenvalue weighted by Gasteiger charge is 2.12. The Balaban J connectivity index is 0.000000437. The minimum absolute atomic E-state index is 0.103. The van der Waals surface area contributed by atoms with Gasteiger partial charge >= 0.3 is 10.4 Å². The lowest BCUT2D eigenvalue weighted by atomic mass is 10.2. The summed E-state index contributed by atoms with van der Waals surface area (Å²) in [5.41, 5.74) is 4.88. The van der Waals surface area contributed by atoms with Gasteiger partial charge in [-0.25, -0.2) is 0 Å². The average Bonchev–Trinajstić information content (AvgIpc) is 2.10. The fraction of sp³-hybridized carbons (Fsp3) is 0. The van der Waals surface area contributed by atoms with Gasteiger partial charge in [0.05, 0.1) is 15.6 Å². The third kappa shape index (κ3) is 6.52. The first-order chi connectivity index (χ1) is 7.52. The summed E-state index contributed by atoms with van der Waals surface area (Å²) in [6.45, 7) is 0.